The van der Waals surface area contributed by atoms with Crippen LogP contribution < -0.4 is 5.32 Å². The maximum absolute atomic E-state index is 13.5. The first-order valence-electron chi connectivity index (χ1n) is 8.18. The summed E-state index contributed by atoms with van der Waals surface area (Å²) in [5.41, 5.74) is -0.842. The van der Waals surface area contributed by atoms with Gasteiger partial charge in [-0.2, -0.15) is 13.2 Å². The average Bonchev–Trinajstić information content (AvgIpc) is 3.06. The Hall–Kier alpha value is -2.65. The van der Waals surface area contributed by atoms with Crippen molar-refractivity contribution in [3.05, 3.63) is 77.7 Å². The van der Waals surface area contributed by atoms with Crippen molar-refractivity contribution in [2.24, 2.45) is 0 Å². The van der Waals surface area contributed by atoms with Crippen LogP contribution in [0.3, 0.4) is 0 Å². The highest BCUT2D eigenvalue weighted by Crippen LogP contribution is 2.38. The van der Waals surface area contributed by atoms with Gasteiger partial charge >= 0.3 is 6.18 Å². The third-order valence-electron chi connectivity index (χ3n) is 4.10. The molecule has 0 unspecified atom stereocenters. The SMILES string of the molecule is CNCc1cc(-c2ccccc2C(F)(F)F)n(S(=O)(=O)c2ccc(F)cc2)c1. The lowest BCUT2D eigenvalue weighted by Crippen LogP contribution is -2.15. The second-order valence-corrected chi connectivity index (χ2v) is 7.88. The number of halogens is 4. The van der Waals surface area contributed by atoms with Crippen LogP contribution in [-0.4, -0.2) is 19.4 Å². The minimum atomic E-state index is -4.66. The molecule has 2 aromatic carbocycles. The molecule has 9 heteroatoms. The van der Waals surface area contributed by atoms with E-state index in [0.717, 1.165) is 34.3 Å². The summed E-state index contributed by atoms with van der Waals surface area (Å²) in [6.07, 6.45) is -3.40. The zero-order chi connectivity index (χ0) is 20.5. The fourth-order valence-corrected chi connectivity index (χ4v) is 4.26. The molecule has 3 rings (SSSR count). The number of hydrogen-bond acceptors (Lipinski definition) is 3. The summed E-state index contributed by atoms with van der Waals surface area (Å²) in [7, 11) is -2.61. The quantitative estimate of drug-likeness (QED) is 0.637. The van der Waals surface area contributed by atoms with Crippen LogP contribution >= 0.6 is 0 Å². The fraction of sp³-hybridized carbons (Fsp3) is 0.158. The normalized spacial score (nSPS) is 12.3. The summed E-state index contributed by atoms with van der Waals surface area (Å²) in [6, 6.07) is 10.3. The van der Waals surface area contributed by atoms with Crippen LogP contribution in [0.15, 0.2) is 65.7 Å². The van der Waals surface area contributed by atoms with Gasteiger partial charge < -0.3 is 5.32 Å². The van der Waals surface area contributed by atoms with Crippen LogP contribution in [-0.2, 0) is 22.7 Å². The van der Waals surface area contributed by atoms with Gasteiger partial charge in [0.2, 0.25) is 0 Å². The molecule has 0 amide bonds. The van der Waals surface area contributed by atoms with E-state index in [-0.39, 0.29) is 22.7 Å². The van der Waals surface area contributed by atoms with E-state index in [4.69, 9.17) is 0 Å². The second kappa shape index (κ2) is 7.40. The molecular formula is C19H16F4N2O2S. The van der Waals surface area contributed by atoms with Crippen LogP contribution in [0.25, 0.3) is 11.3 Å². The lowest BCUT2D eigenvalue weighted by atomic mass is 10.0. The van der Waals surface area contributed by atoms with E-state index in [1.54, 1.807) is 7.05 Å². The van der Waals surface area contributed by atoms with Gasteiger partial charge in [0.1, 0.15) is 5.82 Å². The van der Waals surface area contributed by atoms with Crippen LogP contribution in [0.4, 0.5) is 17.6 Å². The first-order valence-corrected chi connectivity index (χ1v) is 9.62. The molecule has 1 aromatic heterocycles. The van der Waals surface area contributed by atoms with Crippen molar-refractivity contribution in [2.75, 3.05) is 7.05 Å². The van der Waals surface area contributed by atoms with Gasteiger partial charge in [-0.25, -0.2) is 16.8 Å². The third kappa shape index (κ3) is 3.81. The van der Waals surface area contributed by atoms with Crippen LogP contribution in [0.2, 0.25) is 0 Å². The smallest absolute Gasteiger partial charge is 0.316 e. The minimum Gasteiger partial charge on any atom is -0.316 e. The number of nitrogens with one attached hydrogen (secondary N) is 1. The second-order valence-electron chi connectivity index (χ2n) is 6.06. The molecule has 0 aliphatic rings. The Morgan fingerprint density at radius 2 is 1.68 bits per heavy atom. The number of aromatic nitrogens is 1. The maximum atomic E-state index is 13.5. The maximum Gasteiger partial charge on any atom is 0.417 e. The van der Waals surface area contributed by atoms with Gasteiger partial charge in [-0.05, 0) is 49.0 Å². The molecule has 0 radical (unpaired) electrons. The van der Waals surface area contributed by atoms with Gasteiger partial charge in [0.15, 0.2) is 0 Å². The van der Waals surface area contributed by atoms with Crippen LogP contribution in [0, 0.1) is 5.82 Å². The van der Waals surface area contributed by atoms with Crippen LogP contribution in [0.1, 0.15) is 11.1 Å². The molecule has 1 heterocycles. The lowest BCUT2D eigenvalue weighted by Gasteiger charge is -2.15. The van der Waals surface area contributed by atoms with E-state index in [1.807, 2.05) is 0 Å². The zero-order valence-corrected chi connectivity index (χ0v) is 15.5. The Morgan fingerprint density at radius 3 is 2.29 bits per heavy atom. The predicted octanol–water partition coefficient (Wildman–Crippen LogP) is 4.27. The summed E-state index contributed by atoms with van der Waals surface area (Å²) >= 11 is 0. The Kier molecular flexibility index (Phi) is 5.31. The number of hydrogen-bond donors (Lipinski definition) is 1. The van der Waals surface area contributed by atoms with Crippen molar-refractivity contribution in [3.63, 3.8) is 0 Å². The Bertz CT molecular complexity index is 1090. The molecule has 148 valence electrons. The van der Waals surface area contributed by atoms with E-state index in [1.165, 1.54) is 30.5 Å². The summed E-state index contributed by atoms with van der Waals surface area (Å²) in [5, 5.41) is 2.84. The zero-order valence-electron chi connectivity index (χ0n) is 14.7. The molecular weight excluding hydrogens is 396 g/mol. The molecule has 0 saturated carbocycles. The van der Waals surface area contributed by atoms with E-state index >= 15 is 0 Å². The van der Waals surface area contributed by atoms with Crippen molar-refractivity contribution >= 4 is 10.0 Å². The van der Waals surface area contributed by atoms with E-state index in [0.29, 0.717) is 5.56 Å². The van der Waals surface area contributed by atoms with Gasteiger partial charge in [-0.3, -0.25) is 0 Å². The van der Waals surface area contributed by atoms with Crippen molar-refractivity contribution in [1.82, 2.24) is 9.29 Å². The van der Waals surface area contributed by atoms with E-state index in [2.05, 4.69) is 5.32 Å². The molecule has 0 fully saturated rings. The Labute approximate surface area is 159 Å². The summed E-state index contributed by atoms with van der Waals surface area (Å²) in [6.45, 7) is 0.257. The van der Waals surface area contributed by atoms with Crippen molar-refractivity contribution in [3.8, 4) is 11.3 Å². The molecule has 0 bridgehead atoms. The molecule has 0 atom stereocenters. The topological polar surface area (TPSA) is 51.1 Å². The first-order chi connectivity index (χ1) is 13.1. The monoisotopic (exact) mass is 412 g/mol. The van der Waals surface area contributed by atoms with Crippen LogP contribution in [0.5, 0.6) is 0 Å². The number of benzene rings is 2. The van der Waals surface area contributed by atoms with Gasteiger partial charge in [0, 0.05) is 18.3 Å². The van der Waals surface area contributed by atoms with Crippen molar-refractivity contribution in [2.45, 2.75) is 17.6 Å². The molecule has 0 aliphatic carbocycles. The van der Waals surface area contributed by atoms with Crippen molar-refractivity contribution < 1.29 is 26.0 Å². The Morgan fingerprint density at radius 1 is 1.04 bits per heavy atom. The summed E-state index contributed by atoms with van der Waals surface area (Å²) < 4.78 is 80.5. The number of rotatable bonds is 5. The number of nitrogens with zero attached hydrogens (tertiary/aromatic N) is 1. The molecule has 1 N–H and O–H groups in total. The molecule has 28 heavy (non-hydrogen) atoms. The fourth-order valence-electron chi connectivity index (χ4n) is 2.87. The van der Waals surface area contributed by atoms with Gasteiger partial charge in [-0.15, -0.1) is 0 Å². The summed E-state index contributed by atoms with van der Waals surface area (Å²) in [5.74, 6) is -0.620. The van der Waals surface area contributed by atoms with Gasteiger partial charge in [0.05, 0.1) is 16.2 Å². The highest BCUT2D eigenvalue weighted by molar-refractivity contribution is 7.90. The van der Waals surface area contributed by atoms with E-state index in [9.17, 15) is 26.0 Å². The predicted molar refractivity (Wildman–Crippen MR) is 96.6 cm³/mol. The molecule has 0 spiro atoms. The van der Waals surface area contributed by atoms with E-state index < -0.39 is 27.6 Å². The molecule has 0 saturated heterocycles. The van der Waals surface area contributed by atoms with Gasteiger partial charge in [-0.1, -0.05) is 18.2 Å². The Balaban J connectivity index is 2.26. The highest BCUT2D eigenvalue weighted by atomic mass is 32.2. The summed E-state index contributed by atoms with van der Waals surface area (Å²) in [4.78, 5) is -0.230. The third-order valence-corrected chi connectivity index (χ3v) is 5.79. The number of alkyl halides is 3. The average molecular weight is 412 g/mol. The molecule has 3 aromatic rings. The molecule has 4 nitrogen and oxygen atoms in total. The lowest BCUT2D eigenvalue weighted by molar-refractivity contribution is -0.137. The standard InChI is InChI=1S/C19H16F4N2O2S/c1-24-11-13-10-18(16-4-2-3-5-17(16)19(21,22)23)25(12-13)28(26,27)15-8-6-14(20)7-9-15/h2-10,12,24H,11H2,1H3. The minimum absolute atomic E-state index is 0.123. The molecule has 0 aliphatic heterocycles. The van der Waals surface area contributed by atoms with Crippen molar-refractivity contribution in [1.29, 1.82) is 0 Å². The first kappa shape index (κ1) is 20.1. The highest BCUT2D eigenvalue weighted by Gasteiger charge is 2.35. The largest absolute Gasteiger partial charge is 0.417 e. The van der Waals surface area contributed by atoms with Gasteiger partial charge in [0.25, 0.3) is 10.0 Å².